The molecule has 3 nitrogen and oxygen atoms in total. The van der Waals surface area contributed by atoms with Crippen molar-refractivity contribution in [3.63, 3.8) is 0 Å². The molecule has 0 aliphatic carbocycles. The molecule has 3 atom stereocenters. The molecule has 1 fully saturated rings. The van der Waals surface area contributed by atoms with E-state index >= 15 is 0 Å². The molecular formula is C12H22ClNO2. The molecule has 0 aromatic carbocycles. The van der Waals surface area contributed by atoms with Gasteiger partial charge in [-0.05, 0) is 24.7 Å². The first-order valence-electron chi connectivity index (χ1n) is 6.04. The quantitative estimate of drug-likeness (QED) is 0.757. The van der Waals surface area contributed by atoms with Crippen LogP contribution in [0.3, 0.4) is 0 Å². The Morgan fingerprint density at radius 2 is 2.25 bits per heavy atom. The molecule has 0 aromatic heterocycles. The minimum atomic E-state index is -0.267. The van der Waals surface area contributed by atoms with Crippen molar-refractivity contribution in [1.82, 2.24) is 5.32 Å². The lowest BCUT2D eigenvalue weighted by atomic mass is 9.99. The van der Waals surface area contributed by atoms with Crippen molar-refractivity contribution in [1.29, 1.82) is 0 Å². The van der Waals surface area contributed by atoms with Crippen LogP contribution in [0.2, 0.25) is 0 Å². The van der Waals surface area contributed by atoms with Crippen LogP contribution in [-0.2, 0) is 9.53 Å². The van der Waals surface area contributed by atoms with Gasteiger partial charge in [0.1, 0.15) is 6.10 Å². The molecule has 4 heteroatoms. The van der Waals surface area contributed by atoms with Crippen LogP contribution in [0.5, 0.6) is 0 Å². The third-order valence-electron chi connectivity index (χ3n) is 3.20. The van der Waals surface area contributed by atoms with Crippen LogP contribution in [0.25, 0.3) is 0 Å². The highest BCUT2D eigenvalue weighted by Gasteiger charge is 2.32. The standard InChI is InChI=1S/C12H22ClNO2/c1-8(2)10(4-6-13)14-12(15)11-9(3)5-7-16-11/h8-11H,4-7H2,1-3H3,(H,14,15). The van der Waals surface area contributed by atoms with Crippen molar-refractivity contribution in [3.8, 4) is 0 Å². The van der Waals surface area contributed by atoms with Gasteiger partial charge in [-0.25, -0.2) is 0 Å². The Hall–Kier alpha value is -0.280. The van der Waals surface area contributed by atoms with Gasteiger partial charge in [-0.3, -0.25) is 4.79 Å². The van der Waals surface area contributed by atoms with E-state index in [9.17, 15) is 4.79 Å². The Kier molecular flexibility index (Phi) is 5.56. The first kappa shape index (κ1) is 13.8. The molecule has 1 heterocycles. The van der Waals surface area contributed by atoms with Gasteiger partial charge in [-0.15, -0.1) is 11.6 Å². The minimum absolute atomic E-state index is 0.0221. The maximum absolute atomic E-state index is 12.0. The number of amides is 1. The monoisotopic (exact) mass is 247 g/mol. The number of ether oxygens (including phenoxy) is 1. The number of halogens is 1. The van der Waals surface area contributed by atoms with Gasteiger partial charge in [0.05, 0.1) is 0 Å². The minimum Gasteiger partial charge on any atom is -0.368 e. The van der Waals surface area contributed by atoms with Crippen molar-refractivity contribution < 1.29 is 9.53 Å². The summed E-state index contributed by atoms with van der Waals surface area (Å²) in [6.45, 7) is 6.94. The smallest absolute Gasteiger partial charge is 0.249 e. The first-order chi connectivity index (χ1) is 7.56. The van der Waals surface area contributed by atoms with Gasteiger partial charge in [0.15, 0.2) is 0 Å². The summed E-state index contributed by atoms with van der Waals surface area (Å²) in [6, 6.07) is 0.154. The number of carbonyl (C=O) groups excluding carboxylic acids is 1. The summed E-state index contributed by atoms with van der Waals surface area (Å²) in [7, 11) is 0. The molecule has 0 aromatic rings. The molecular weight excluding hydrogens is 226 g/mol. The fourth-order valence-electron chi connectivity index (χ4n) is 1.99. The molecule has 1 aliphatic heterocycles. The maximum Gasteiger partial charge on any atom is 0.249 e. The second-order valence-corrected chi connectivity index (χ2v) is 5.27. The van der Waals surface area contributed by atoms with E-state index < -0.39 is 0 Å². The Bertz CT molecular complexity index is 233. The Labute approximate surface area is 103 Å². The van der Waals surface area contributed by atoms with E-state index in [1.807, 2.05) is 0 Å². The fraction of sp³-hybridized carbons (Fsp3) is 0.917. The van der Waals surface area contributed by atoms with Crippen LogP contribution in [0, 0.1) is 11.8 Å². The fourth-order valence-corrected chi connectivity index (χ4v) is 2.22. The molecule has 1 N–H and O–H groups in total. The van der Waals surface area contributed by atoms with Crippen molar-refractivity contribution in [3.05, 3.63) is 0 Å². The lowest BCUT2D eigenvalue weighted by Gasteiger charge is -2.24. The lowest BCUT2D eigenvalue weighted by Crippen LogP contribution is -2.45. The SMILES string of the molecule is CC(C)C(CCCl)NC(=O)C1OCCC1C. The highest BCUT2D eigenvalue weighted by Crippen LogP contribution is 2.20. The van der Waals surface area contributed by atoms with Gasteiger partial charge in [0.25, 0.3) is 0 Å². The summed E-state index contributed by atoms with van der Waals surface area (Å²) < 4.78 is 5.44. The molecule has 1 aliphatic rings. The maximum atomic E-state index is 12.0. The Morgan fingerprint density at radius 3 is 2.69 bits per heavy atom. The summed E-state index contributed by atoms with van der Waals surface area (Å²) in [4.78, 5) is 12.0. The average Bonchev–Trinajstić information content (AvgIpc) is 2.63. The Balaban J connectivity index is 2.47. The number of hydrogen-bond acceptors (Lipinski definition) is 2. The van der Waals surface area contributed by atoms with E-state index in [2.05, 4.69) is 26.1 Å². The summed E-state index contributed by atoms with van der Waals surface area (Å²) in [5.41, 5.74) is 0. The van der Waals surface area contributed by atoms with Crippen LogP contribution in [0.4, 0.5) is 0 Å². The van der Waals surface area contributed by atoms with Crippen LogP contribution in [0.15, 0.2) is 0 Å². The van der Waals surface area contributed by atoms with E-state index in [0.717, 1.165) is 12.8 Å². The molecule has 16 heavy (non-hydrogen) atoms. The highest BCUT2D eigenvalue weighted by molar-refractivity contribution is 6.17. The molecule has 1 saturated heterocycles. The second-order valence-electron chi connectivity index (χ2n) is 4.89. The zero-order valence-corrected chi connectivity index (χ0v) is 11.1. The van der Waals surface area contributed by atoms with Gasteiger partial charge in [-0.1, -0.05) is 20.8 Å². The molecule has 0 bridgehead atoms. The normalized spacial score (nSPS) is 27.1. The average molecular weight is 248 g/mol. The zero-order valence-electron chi connectivity index (χ0n) is 10.3. The van der Waals surface area contributed by atoms with Gasteiger partial charge in [-0.2, -0.15) is 0 Å². The van der Waals surface area contributed by atoms with E-state index in [1.54, 1.807) is 0 Å². The highest BCUT2D eigenvalue weighted by atomic mass is 35.5. The Morgan fingerprint density at radius 1 is 1.56 bits per heavy atom. The van der Waals surface area contributed by atoms with Crippen molar-refractivity contribution >= 4 is 17.5 Å². The number of nitrogens with one attached hydrogen (secondary N) is 1. The van der Waals surface area contributed by atoms with Crippen molar-refractivity contribution in [2.75, 3.05) is 12.5 Å². The summed E-state index contributed by atoms with van der Waals surface area (Å²) in [6.07, 6.45) is 1.52. The zero-order chi connectivity index (χ0) is 12.1. The number of rotatable bonds is 5. The third kappa shape index (κ3) is 3.63. The van der Waals surface area contributed by atoms with Crippen LogP contribution in [0.1, 0.15) is 33.6 Å². The summed E-state index contributed by atoms with van der Waals surface area (Å²) in [5.74, 6) is 1.32. The second kappa shape index (κ2) is 6.45. The van der Waals surface area contributed by atoms with Crippen LogP contribution < -0.4 is 5.32 Å². The van der Waals surface area contributed by atoms with Crippen LogP contribution in [-0.4, -0.2) is 30.5 Å². The summed E-state index contributed by atoms with van der Waals surface area (Å²) in [5, 5.41) is 3.04. The molecule has 1 amide bonds. The van der Waals surface area contributed by atoms with Gasteiger partial charge >= 0.3 is 0 Å². The summed E-state index contributed by atoms with van der Waals surface area (Å²) >= 11 is 5.73. The van der Waals surface area contributed by atoms with E-state index in [1.165, 1.54) is 0 Å². The molecule has 94 valence electrons. The number of carbonyl (C=O) groups is 1. The van der Waals surface area contributed by atoms with E-state index in [4.69, 9.17) is 16.3 Å². The number of alkyl halides is 1. The molecule has 0 spiro atoms. The third-order valence-corrected chi connectivity index (χ3v) is 3.42. The van der Waals surface area contributed by atoms with Gasteiger partial charge in [0, 0.05) is 18.5 Å². The van der Waals surface area contributed by atoms with Gasteiger partial charge < -0.3 is 10.1 Å². The molecule has 3 unspecified atom stereocenters. The first-order valence-corrected chi connectivity index (χ1v) is 6.57. The lowest BCUT2D eigenvalue weighted by molar-refractivity contribution is -0.132. The van der Waals surface area contributed by atoms with Crippen molar-refractivity contribution in [2.24, 2.45) is 11.8 Å². The largest absolute Gasteiger partial charge is 0.368 e. The topological polar surface area (TPSA) is 38.3 Å². The van der Waals surface area contributed by atoms with E-state index in [0.29, 0.717) is 24.3 Å². The van der Waals surface area contributed by atoms with Crippen LogP contribution >= 0.6 is 11.6 Å². The van der Waals surface area contributed by atoms with Gasteiger partial charge in [0.2, 0.25) is 5.91 Å². The molecule has 0 radical (unpaired) electrons. The molecule has 0 saturated carbocycles. The van der Waals surface area contributed by atoms with Crippen molar-refractivity contribution in [2.45, 2.75) is 45.8 Å². The predicted octanol–water partition coefficient (Wildman–Crippen LogP) is 2.18. The number of hydrogen-bond donors (Lipinski definition) is 1. The van der Waals surface area contributed by atoms with E-state index in [-0.39, 0.29) is 18.1 Å². The molecule has 1 rings (SSSR count). The predicted molar refractivity (Wildman–Crippen MR) is 65.6 cm³/mol.